The van der Waals surface area contributed by atoms with E-state index in [0.29, 0.717) is 0 Å². The summed E-state index contributed by atoms with van der Waals surface area (Å²) in [4.78, 5) is 2.40. The Balaban J connectivity index is 1.07. The second kappa shape index (κ2) is 12.9. The summed E-state index contributed by atoms with van der Waals surface area (Å²) < 4.78 is 9.05. The molecule has 0 aliphatic heterocycles. The quantitative estimate of drug-likeness (QED) is 0.170. The van der Waals surface area contributed by atoms with Crippen LogP contribution >= 0.6 is 11.3 Å². The molecule has 3 heteroatoms. The lowest BCUT2D eigenvalue weighted by Gasteiger charge is -2.28. The minimum absolute atomic E-state index is 0.907. The van der Waals surface area contributed by atoms with Crippen molar-refractivity contribution in [1.82, 2.24) is 0 Å². The topological polar surface area (TPSA) is 16.4 Å². The van der Waals surface area contributed by atoms with Crippen LogP contribution in [0.25, 0.3) is 86.3 Å². The van der Waals surface area contributed by atoms with Gasteiger partial charge < -0.3 is 9.32 Å². The van der Waals surface area contributed by atoms with Gasteiger partial charge in [-0.1, -0.05) is 146 Å². The fraction of sp³-hybridized carbons (Fsp3) is 0. The Bertz CT molecular complexity index is 3220. The second-order valence-corrected chi connectivity index (χ2v) is 15.2. The summed E-state index contributed by atoms with van der Waals surface area (Å²) in [6.45, 7) is 0. The van der Waals surface area contributed by atoms with Crippen molar-refractivity contribution in [2.24, 2.45) is 0 Å². The molecular weight excluding hydrogens is 687 g/mol. The Labute approximate surface area is 322 Å². The molecule has 11 rings (SSSR count). The van der Waals surface area contributed by atoms with Crippen LogP contribution in [0.3, 0.4) is 0 Å². The molecule has 0 spiro atoms. The van der Waals surface area contributed by atoms with Crippen LogP contribution < -0.4 is 4.90 Å². The van der Waals surface area contributed by atoms with Gasteiger partial charge in [-0.05, 0) is 87.6 Å². The first-order valence-corrected chi connectivity index (χ1v) is 19.5. The van der Waals surface area contributed by atoms with Crippen LogP contribution in [-0.2, 0) is 0 Å². The highest BCUT2D eigenvalue weighted by molar-refractivity contribution is 7.25. The Morgan fingerprint density at radius 3 is 1.96 bits per heavy atom. The molecule has 0 fully saturated rings. The van der Waals surface area contributed by atoms with Gasteiger partial charge in [0.15, 0.2) is 0 Å². The van der Waals surface area contributed by atoms with Crippen LogP contribution in [-0.4, -0.2) is 0 Å². The van der Waals surface area contributed by atoms with E-state index in [0.717, 1.165) is 50.1 Å². The lowest BCUT2D eigenvalue weighted by Crippen LogP contribution is -2.11. The molecule has 2 heterocycles. The molecule has 0 bridgehead atoms. The number of thiophene rings is 1. The molecule has 0 aliphatic carbocycles. The van der Waals surface area contributed by atoms with E-state index in [1.54, 1.807) is 0 Å². The molecule has 2 aromatic heterocycles. The van der Waals surface area contributed by atoms with Gasteiger partial charge in [0.2, 0.25) is 0 Å². The van der Waals surface area contributed by atoms with Crippen LogP contribution in [0, 0.1) is 0 Å². The number of hydrogen-bond donors (Lipinski definition) is 0. The maximum Gasteiger partial charge on any atom is 0.143 e. The maximum atomic E-state index is 6.44. The summed E-state index contributed by atoms with van der Waals surface area (Å²) in [7, 11) is 0. The molecular formula is C52H33NOS. The fourth-order valence-electron chi connectivity index (χ4n) is 8.19. The van der Waals surface area contributed by atoms with Gasteiger partial charge >= 0.3 is 0 Å². The van der Waals surface area contributed by atoms with Crippen LogP contribution in [0.4, 0.5) is 17.1 Å². The highest BCUT2D eigenvalue weighted by Gasteiger charge is 2.20. The van der Waals surface area contributed by atoms with Gasteiger partial charge in [0.25, 0.3) is 0 Å². The number of nitrogens with zero attached hydrogens (tertiary/aromatic N) is 1. The molecule has 9 aromatic carbocycles. The zero-order valence-electron chi connectivity index (χ0n) is 29.8. The minimum atomic E-state index is 0.907. The zero-order valence-corrected chi connectivity index (χ0v) is 30.6. The third kappa shape index (κ3) is 5.40. The number of para-hydroxylation sites is 3. The highest BCUT2D eigenvalue weighted by atomic mass is 32.1. The van der Waals surface area contributed by atoms with Crippen molar-refractivity contribution in [2.75, 3.05) is 4.90 Å². The first kappa shape index (κ1) is 31.6. The maximum absolute atomic E-state index is 6.44. The second-order valence-electron chi connectivity index (χ2n) is 14.1. The molecule has 0 radical (unpaired) electrons. The Morgan fingerprint density at radius 1 is 0.364 bits per heavy atom. The van der Waals surface area contributed by atoms with Crippen molar-refractivity contribution in [1.29, 1.82) is 0 Å². The average molecular weight is 720 g/mol. The molecule has 0 N–H and O–H groups in total. The van der Waals surface area contributed by atoms with Gasteiger partial charge in [0.05, 0.1) is 5.69 Å². The normalized spacial score (nSPS) is 11.6. The van der Waals surface area contributed by atoms with E-state index in [1.807, 2.05) is 23.5 Å². The predicted molar refractivity (Wildman–Crippen MR) is 235 cm³/mol. The zero-order chi connectivity index (χ0) is 36.3. The molecule has 0 saturated heterocycles. The number of furan rings is 1. The minimum Gasteiger partial charge on any atom is -0.455 e. The third-order valence-corrected chi connectivity index (χ3v) is 12.0. The van der Waals surface area contributed by atoms with Gasteiger partial charge in [-0.2, -0.15) is 0 Å². The summed E-state index contributed by atoms with van der Waals surface area (Å²) in [5.41, 5.74) is 12.0. The lowest BCUT2D eigenvalue weighted by atomic mass is 9.98. The summed E-state index contributed by atoms with van der Waals surface area (Å²) >= 11 is 1.86. The first-order chi connectivity index (χ1) is 27.2. The van der Waals surface area contributed by atoms with Crippen molar-refractivity contribution in [3.63, 3.8) is 0 Å². The van der Waals surface area contributed by atoms with Gasteiger partial charge in [-0.15, -0.1) is 11.3 Å². The molecule has 258 valence electrons. The van der Waals surface area contributed by atoms with Crippen LogP contribution in [0.1, 0.15) is 0 Å². The van der Waals surface area contributed by atoms with Crippen molar-refractivity contribution >= 4 is 81.3 Å². The first-order valence-electron chi connectivity index (χ1n) is 18.7. The van der Waals surface area contributed by atoms with E-state index in [-0.39, 0.29) is 0 Å². The smallest absolute Gasteiger partial charge is 0.143 e. The summed E-state index contributed by atoms with van der Waals surface area (Å²) in [5.74, 6) is 0. The van der Waals surface area contributed by atoms with Crippen molar-refractivity contribution < 1.29 is 4.42 Å². The van der Waals surface area contributed by atoms with E-state index in [4.69, 9.17) is 4.42 Å². The van der Waals surface area contributed by atoms with Gasteiger partial charge in [0, 0.05) is 53.4 Å². The highest BCUT2D eigenvalue weighted by Crippen LogP contribution is 2.45. The number of hydrogen-bond acceptors (Lipinski definition) is 3. The number of rotatable bonds is 6. The molecule has 55 heavy (non-hydrogen) atoms. The van der Waals surface area contributed by atoms with Crippen LogP contribution in [0.2, 0.25) is 0 Å². The number of fused-ring (bicyclic) bond motifs is 7. The van der Waals surface area contributed by atoms with Gasteiger partial charge in [-0.25, -0.2) is 0 Å². The van der Waals surface area contributed by atoms with Crippen LogP contribution in [0.15, 0.2) is 205 Å². The molecule has 2 nitrogen and oxygen atoms in total. The van der Waals surface area contributed by atoms with Gasteiger partial charge in [-0.3, -0.25) is 0 Å². The van der Waals surface area contributed by atoms with E-state index < -0.39 is 0 Å². The fourth-order valence-corrected chi connectivity index (χ4v) is 9.34. The van der Waals surface area contributed by atoms with Crippen molar-refractivity contribution in [3.8, 4) is 33.4 Å². The Hall–Kier alpha value is -6.94. The third-order valence-electron chi connectivity index (χ3n) is 10.9. The monoisotopic (exact) mass is 719 g/mol. The van der Waals surface area contributed by atoms with E-state index >= 15 is 0 Å². The number of anilines is 3. The number of benzene rings is 9. The van der Waals surface area contributed by atoms with Crippen LogP contribution in [0.5, 0.6) is 0 Å². The summed E-state index contributed by atoms with van der Waals surface area (Å²) in [5, 5.41) is 7.36. The van der Waals surface area contributed by atoms with E-state index in [1.165, 1.54) is 53.2 Å². The molecule has 0 atom stereocenters. The largest absolute Gasteiger partial charge is 0.455 e. The molecule has 0 saturated carbocycles. The van der Waals surface area contributed by atoms with E-state index in [2.05, 4.69) is 193 Å². The lowest BCUT2D eigenvalue weighted by molar-refractivity contribution is 0.670. The van der Waals surface area contributed by atoms with Gasteiger partial charge in [0.1, 0.15) is 11.2 Å². The molecule has 0 aliphatic rings. The average Bonchev–Trinajstić information content (AvgIpc) is 3.82. The summed E-state index contributed by atoms with van der Waals surface area (Å²) in [6, 6.07) is 72.3. The van der Waals surface area contributed by atoms with Crippen molar-refractivity contribution in [2.45, 2.75) is 0 Å². The molecule has 11 aromatic rings. The predicted octanol–water partition coefficient (Wildman–Crippen LogP) is 15.6. The molecule has 0 unspecified atom stereocenters. The standard InChI is InChI=1S/C52H33NOS/c1-2-12-36-31-38(24-23-34(36)11-1)37-13-9-14-41(32-37)53(40-28-25-35(26-29-40)43-18-10-19-47-44-16-4-7-21-49(44)54-52(43)47)48-20-6-3-15-42(48)39-27-30-46-45-17-5-8-22-50(45)55-51(46)33-39/h1-33H. The summed E-state index contributed by atoms with van der Waals surface area (Å²) in [6.07, 6.45) is 0. The Morgan fingerprint density at radius 2 is 1.04 bits per heavy atom. The SMILES string of the molecule is c1cc(-c2ccc3ccccc3c2)cc(N(c2ccc(-c3cccc4c3oc3ccccc34)cc2)c2ccccc2-c2ccc3c(c2)sc2ccccc23)c1. The van der Waals surface area contributed by atoms with E-state index in [9.17, 15) is 0 Å². The molecule has 0 amide bonds. The van der Waals surface area contributed by atoms with Crippen molar-refractivity contribution in [3.05, 3.63) is 200 Å². The Kier molecular flexibility index (Phi) is 7.39.